The second-order valence-electron chi connectivity index (χ2n) is 7.27. The zero-order chi connectivity index (χ0) is 20.5. The van der Waals surface area contributed by atoms with E-state index in [1.165, 1.54) is 0 Å². The van der Waals surface area contributed by atoms with Gasteiger partial charge in [0, 0.05) is 16.5 Å². The molecule has 0 fully saturated rings. The summed E-state index contributed by atoms with van der Waals surface area (Å²) in [7, 11) is 0. The van der Waals surface area contributed by atoms with Crippen LogP contribution in [0.1, 0.15) is 41.0 Å². The molecule has 0 radical (unpaired) electrons. The predicted octanol–water partition coefficient (Wildman–Crippen LogP) is 4.96. The predicted molar refractivity (Wildman–Crippen MR) is 112 cm³/mol. The number of hydrogen-bond donors (Lipinski definition) is 1. The third kappa shape index (κ3) is 3.55. The monoisotopic (exact) mass is 383 g/mol. The topological polar surface area (TPSA) is 87.5 Å². The fraction of sp³-hybridized carbons (Fsp3) is 0.217. The van der Waals surface area contributed by atoms with Gasteiger partial charge in [-0.1, -0.05) is 0 Å². The number of aryl methyl sites for hydroxylation is 3. The number of nitrogens with one attached hydrogen (secondary N) is 1. The first-order valence-corrected chi connectivity index (χ1v) is 9.42. The van der Waals surface area contributed by atoms with Crippen LogP contribution in [0.3, 0.4) is 0 Å². The lowest BCUT2D eigenvalue weighted by molar-refractivity contribution is 0.225. The van der Waals surface area contributed by atoms with Gasteiger partial charge in [-0.25, -0.2) is 0 Å². The van der Waals surface area contributed by atoms with Crippen molar-refractivity contribution in [2.75, 3.05) is 0 Å². The second kappa shape index (κ2) is 7.36. The molecule has 2 heterocycles. The summed E-state index contributed by atoms with van der Waals surface area (Å²) < 4.78 is 6.24. The highest BCUT2D eigenvalue weighted by Gasteiger charge is 2.16. The molecule has 0 aliphatic carbocycles. The minimum Gasteiger partial charge on any atom is -0.486 e. The summed E-state index contributed by atoms with van der Waals surface area (Å²) in [6.07, 6.45) is 1.59. The van der Waals surface area contributed by atoms with Gasteiger partial charge in [0.2, 0.25) is 0 Å². The van der Waals surface area contributed by atoms with E-state index in [9.17, 15) is 5.26 Å². The molecule has 0 amide bonds. The molecule has 0 saturated carbocycles. The molecule has 144 valence electrons. The fourth-order valence-corrected chi connectivity index (χ4v) is 3.76. The number of ether oxygens (including phenoxy) is 1. The molecule has 6 heteroatoms. The quantitative estimate of drug-likeness (QED) is 0.538. The Balaban J connectivity index is 1.73. The van der Waals surface area contributed by atoms with Crippen molar-refractivity contribution in [2.45, 2.75) is 33.8 Å². The zero-order valence-corrected chi connectivity index (χ0v) is 16.8. The van der Waals surface area contributed by atoms with E-state index < -0.39 is 0 Å². The summed E-state index contributed by atoms with van der Waals surface area (Å²) in [5.74, 6) is 0.747. The van der Waals surface area contributed by atoms with Gasteiger partial charge in [-0.2, -0.15) is 20.6 Å². The van der Waals surface area contributed by atoms with Gasteiger partial charge in [0.15, 0.2) is 0 Å². The van der Waals surface area contributed by atoms with Gasteiger partial charge >= 0.3 is 0 Å². The van der Waals surface area contributed by atoms with Gasteiger partial charge in [-0.15, -0.1) is 0 Å². The summed E-state index contributed by atoms with van der Waals surface area (Å²) in [6, 6.07) is 13.8. The van der Waals surface area contributed by atoms with Crippen LogP contribution < -0.4 is 4.74 Å². The highest BCUT2D eigenvalue weighted by atomic mass is 16.5. The molecule has 29 heavy (non-hydrogen) atoms. The van der Waals surface area contributed by atoms with Gasteiger partial charge in [0.05, 0.1) is 29.0 Å². The van der Waals surface area contributed by atoms with E-state index in [1.807, 2.05) is 64.1 Å². The van der Waals surface area contributed by atoms with Crippen molar-refractivity contribution in [3.05, 3.63) is 70.5 Å². The molecule has 2 aromatic carbocycles. The zero-order valence-electron chi connectivity index (χ0n) is 16.8. The summed E-state index contributed by atoms with van der Waals surface area (Å²) in [5.41, 5.74) is 7.23. The van der Waals surface area contributed by atoms with E-state index in [-0.39, 0.29) is 6.10 Å². The first-order valence-electron chi connectivity index (χ1n) is 9.42. The van der Waals surface area contributed by atoms with Gasteiger partial charge in [0.25, 0.3) is 0 Å². The van der Waals surface area contributed by atoms with E-state index in [2.05, 4.69) is 26.5 Å². The van der Waals surface area contributed by atoms with Crippen LogP contribution in [0.15, 0.2) is 42.6 Å². The molecule has 2 aromatic heterocycles. The van der Waals surface area contributed by atoms with Gasteiger partial charge < -0.3 is 4.74 Å². The lowest BCUT2D eigenvalue weighted by atomic mass is 10.0. The van der Waals surface area contributed by atoms with Gasteiger partial charge in [-0.05, 0) is 75.2 Å². The van der Waals surface area contributed by atoms with E-state index in [0.29, 0.717) is 5.56 Å². The molecule has 4 aromatic rings. The number of nitrogens with zero attached hydrogens (tertiary/aromatic N) is 4. The molecule has 0 unspecified atom stereocenters. The molecule has 0 aliphatic rings. The maximum atomic E-state index is 9.29. The Labute approximate surface area is 169 Å². The van der Waals surface area contributed by atoms with Crippen molar-refractivity contribution in [1.29, 1.82) is 5.26 Å². The maximum Gasteiger partial charge on any atom is 0.123 e. The molecule has 0 spiro atoms. The molecule has 1 N–H and O–H groups in total. The first kappa shape index (κ1) is 18.6. The third-order valence-electron chi connectivity index (χ3n) is 5.01. The van der Waals surface area contributed by atoms with E-state index in [4.69, 9.17) is 4.74 Å². The molecule has 1 atom stereocenters. The SMILES string of the molecule is Cc1cc(C#N)cc(-c2n[nH]c3ccc(O[C@H](C)c4c(C)cnnc4C)cc23)c1. The van der Waals surface area contributed by atoms with Crippen LogP contribution in [0.2, 0.25) is 0 Å². The number of H-pyrrole nitrogens is 1. The molecule has 0 bridgehead atoms. The lowest BCUT2D eigenvalue weighted by Gasteiger charge is -2.18. The number of fused-ring (bicyclic) bond motifs is 1. The number of nitriles is 1. The van der Waals surface area contributed by atoms with Crippen molar-refractivity contribution in [3.8, 4) is 23.1 Å². The normalized spacial score (nSPS) is 12.0. The molecular weight excluding hydrogens is 362 g/mol. The van der Waals surface area contributed by atoms with Crippen molar-refractivity contribution in [3.63, 3.8) is 0 Å². The Bertz CT molecular complexity index is 1230. The number of rotatable bonds is 4. The number of benzene rings is 2. The van der Waals surface area contributed by atoms with Crippen molar-refractivity contribution in [2.24, 2.45) is 0 Å². The van der Waals surface area contributed by atoms with Crippen LogP contribution >= 0.6 is 0 Å². The molecule has 0 saturated heterocycles. The largest absolute Gasteiger partial charge is 0.486 e. The molecule has 4 rings (SSSR count). The Kier molecular flexibility index (Phi) is 4.73. The van der Waals surface area contributed by atoms with Crippen molar-refractivity contribution >= 4 is 10.9 Å². The van der Waals surface area contributed by atoms with Crippen LogP contribution in [-0.2, 0) is 0 Å². The summed E-state index contributed by atoms with van der Waals surface area (Å²) >= 11 is 0. The van der Waals surface area contributed by atoms with Crippen LogP contribution in [0.4, 0.5) is 0 Å². The lowest BCUT2D eigenvalue weighted by Crippen LogP contribution is -2.09. The molecular formula is C23H21N5O. The number of aromatic nitrogens is 4. The number of aromatic amines is 1. The summed E-state index contributed by atoms with van der Waals surface area (Å²) in [5, 5.41) is 25.9. The Morgan fingerprint density at radius 3 is 2.69 bits per heavy atom. The standard InChI is InChI=1S/C23H21N5O/c1-13-7-17(11-24)9-18(8-13)23-20-10-19(5-6-21(20)27-28-23)29-16(4)22-14(2)12-25-26-15(22)3/h5-10,12,16H,1-4H3,(H,27,28)/t16-/m1/s1. The average Bonchev–Trinajstić information content (AvgIpc) is 3.10. The highest BCUT2D eigenvalue weighted by Crippen LogP contribution is 2.32. The van der Waals surface area contributed by atoms with Crippen LogP contribution in [0, 0.1) is 32.1 Å². The highest BCUT2D eigenvalue weighted by molar-refractivity contribution is 5.94. The third-order valence-corrected chi connectivity index (χ3v) is 5.01. The van der Waals surface area contributed by atoms with E-state index in [1.54, 1.807) is 6.20 Å². The summed E-state index contributed by atoms with van der Waals surface area (Å²) in [4.78, 5) is 0. The Morgan fingerprint density at radius 2 is 1.93 bits per heavy atom. The van der Waals surface area contributed by atoms with Crippen molar-refractivity contribution in [1.82, 2.24) is 20.4 Å². The van der Waals surface area contributed by atoms with Crippen LogP contribution in [0.5, 0.6) is 5.75 Å². The smallest absolute Gasteiger partial charge is 0.123 e. The van der Waals surface area contributed by atoms with Crippen LogP contribution in [0.25, 0.3) is 22.2 Å². The minimum absolute atomic E-state index is 0.164. The Morgan fingerprint density at radius 1 is 1.10 bits per heavy atom. The second-order valence-corrected chi connectivity index (χ2v) is 7.27. The minimum atomic E-state index is -0.164. The van der Waals surface area contributed by atoms with Gasteiger partial charge in [0.1, 0.15) is 17.5 Å². The fourth-order valence-electron chi connectivity index (χ4n) is 3.76. The summed E-state index contributed by atoms with van der Waals surface area (Å²) in [6.45, 7) is 7.94. The molecule has 0 aliphatic heterocycles. The van der Waals surface area contributed by atoms with Crippen LogP contribution in [-0.4, -0.2) is 20.4 Å². The molecule has 6 nitrogen and oxygen atoms in total. The van der Waals surface area contributed by atoms with Gasteiger partial charge in [-0.3, -0.25) is 5.10 Å². The van der Waals surface area contributed by atoms with Crippen molar-refractivity contribution < 1.29 is 4.74 Å². The Hall–Kier alpha value is -3.72. The number of hydrogen-bond acceptors (Lipinski definition) is 5. The average molecular weight is 383 g/mol. The first-order chi connectivity index (χ1) is 14.0. The van der Waals surface area contributed by atoms with E-state index >= 15 is 0 Å². The van der Waals surface area contributed by atoms with E-state index in [0.717, 1.165) is 50.3 Å². The maximum absolute atomic E-state index is 9.29.